The van der Waals surface area contributed by atoms with Gasteiger partial charge in [-0.3, -0.25) is 0 Å². The Bertz CT molecular complexity index is 437. The Morgan fingerprint density at radius 1 is 1.26 bits per heavy atom. The Kier molecular flexibility index (Phi) is 3.83. The molecule has 3 rings (SSSR count). The molecule has 2 saturated carbocycles. The molecule has 2 fully saturated rings. The monoisotopic (exact) mass is 260 g/mol. The summed E-state index contributed by atoms with van der Waals surface area (Å²) in [4.78, 5) is 10.7. The number of rotatable bonds is 6. The van der Waals surface area contributed by atoms with E-state index in [-0.39, 0.29) is 5.92 Å². The van der Waals surface area contributed by atoms with E-state index in [9.17, 15) is 4.79 Å². The molecule has 1 aromatic carbocycles. The highest BCUT2D eigenvalue weighted by molar-refractivity contribution is 5.61. The first-order valence-corrected chi connectivity index (χ1v) is 7.16. The molecule has 0 amide bonds. The molecule has 0 N–H and O–H groups in total. The number of ether oxygens (including phenoxy) is 2. The summed E-state index contributed by atoms with van der Waals surface area (Å²) in [5.74, 6) is 1.45. The molecule has 2 atom stereocenters. The average molecular weight is 260 g/mol. The highest BCUT2D eigenvalue weighted by Gasteiger charge is 2.38. The van der Waals surface area contributed by atoms with E-state index in [2.05, 4.69) is 6.07 Å². The molecule has 2 aliphatic carbocycles. The van der Waals surface area contributed by atoms with Crippen molar-refractivity contribution >= 4 is 6.29 Å². The third-order valence-electron chi connectivity index (χ3n) is 4.13. The first kappa shape index (κ1) is 12.7. The smallest absolute Gasteiger partial charge is 0.189 e. The Balaban J connectivity index is 1.50. The zero-order valence-electron chi connectivity index (χ0n) is 11.1. The van der Waals surface area contributed by atoms with Crippen LogP contribution in [-0.2, 0) is 9.53 Å². The van der Waals surface area contributed by atoms with E-state index in [0.29, 0.717) is 18.8 Å². The lowest BCUT2D eigenvalue weighted by Gasteiger charge is -2.12. The topological polar surface area (TPSA) is 35.5 Å². The standard InChI is InChI=1S/C16H20O3/c17-10-13-9-16(13)12-4-3-7-15(8-12)19-11-18-14-5-1-2-6-14/h3-4,7-8,10,13-14,16H,1-2,5-6,9,11H2/t13-,16-/m0/s1. The van der Waals surface area contributed by atoms with Crippen molar-refractivity contribution in [1.29, 1.82) is 0 Å². The van der Waals surface area contributed by atoms with Gasteiger partial charge in [0.15, 0.2) is 6.79 Å². The molecule has 3 nitrogen and oxygen atoms in total. The maximum Gasteiger partial charge on any atom is 0.189 e. The van der Waals surface area contributed by atoms with Gasteiger partial charge in [-0.15, -0.1) is 0 Å². The van der Waals surface area contributed by atoms with Crippen molar-refractivity contribution in [2.24, 2.45) is 5.92 Å². The van der Waals surface area contributed by atoms with E-state index in [0.717, 1.165) is 31.3 Å². The minimum atomic E-state index is 0.213. The van der Waals surface area contributed by atoms with Crippen molar-refractivity contribution in [3.05, 3.63) is 29.8 Å². The lowest BCUT2D eigenvalue weighted by molar-refractivity contribution is -0.108. The fraction of sp³-hybridized carbons (Fsp3) is 0.562. The predicted octanol–water partition coefficient (Wildman–Crippen LogP) is 3.28. The maximum absolute atomic E-state index is 10.7. The molecule has 0 unspecified atom stereocenters. The Labute approximate surface area is 113 Å². The first-order chi connectivity index (χ1) is 9.36. The molecule has 0 spiro atoms. The fourth-order valence-corrected chi connectivity index (χ4v) is 2.84. The van der Waals surface area contributed by atoms with Crippen LogP contribution < -0.4 is 4.74 Å². The minimum absolute atomic E-state index is 0.213. The molecule has 1 aromatic rings. The molecular weight excluding hydrogens is 240 g/mol. The van der Waals surface area contributed by atoms with Crippen LogP contribution in [0.1, 0.15) is 43.6 Å². The highest BCUT2D eigenvalue weighted by Crippen LogP contribution is 2.46. The lowest BCUT2D eigenvalue weighted by Crippen LogP contribution is -2.12. The summed E-state index contributed by atoms with van der Waals surface area (Å²) in [6.07, 6.45) is 7.28. The Morgan fingerprint density at radius 2 is 2.11 bits per heavy atom. The van der Waals surface area contributed by atoms with Crippen molar-refractivity contribution in [2.45, 2.75) is 44.1 Å². The maximum atomic E-state index is 10.7. The third kappa shape index (κ3) is 3.16. The summed E-state index contributed by atoms with van der Waals surface area (Å²) >= 11 is 0. The number of aldehydes is 1. The van der Waals surface area contributed by atoms with E-state index in [4.69, 9.17) is 9.47 Å². The molecule has 19 heavy (non-hydrogen) atoms. The van der Waals surface area contributed by atoms with Crippen molar-refractivity contribution in [3.8, 4) is 5.75 Å². The van der Waals surface area contributed by atoms with Gasteiger partial charge in [0.1, 0.15) is 12.0 Å². The molecule has 2 aliphatic rings. The minimum Gasteiger partial charge on any atom is -0.468 e. The van der Waals surface area contributed by atoms with E-state index < -0.39 is 0 Å². The van der Waals surface area contributed by atoms with Crippen LogP contribution in [0.3, 0.4) is 0 Å². The quantitative estimate of drug-likeness (QED) is 0.581. The van der Waals surface area contributed by atoms with E-state index in [1.807, 2.05) is 18.2 Å². The highest BCUT2D eigenvalue weighted by atomic mass is 16.7. The molecule has 3 heteroatoms. The summed E-state index contributed by atoms with van der Waals surface area (Å²) in [5, 5.41) is 0. The molecule has 0 bridgehead atoms. The van der Waals surface area contributed by atoms with Crippen LogP contribution in [0.25, 0.3) is 0 Å². The zero-order chi connectivity index (χ0) is 13.1. The first-order valence-electron chi connectivity index (χ1n) is 7.16. The summed E-state index contributed by atoms with van der Waals surface area (Å²) < 4.78 is 11.3. The summed E-state index contributed by atoms with van der Waals surface area (Å²) in [6, 6.07) is 8.03. The largest absolute Gasteiger partial charge is 0.468 e. The normalized spacial score (nSPS) is 26.3. The van der Waals surface area contributed by atoms with Crippen molar-refractivity contribution in [2.75, 3.05) is 6.79 Å². The van der Waals surface area contributed by atoms with E-state index in [1.54, 1.807) is 0 Å². The lowest BCUT2D eigenvalue weighted by atomic mass is 10.1. The van der Waals surface area contributed by atoms with Gasteiger partial charge in [-0.2, -0.15) is 0 Å². The van der Waals surface area contributed by atoms with Crippen LogP contribution in [0, 0.1) is 5.92 Å². The van der Waals surface area contributed by atoms with Gasteiger partial charge in [0.25, 0.3) is 0 Å². The van der Waals surface area contributed by atoms with Crippen molar-refractivity contribution < 1.29 is 14.3 Å². The molecule has 0 heterocycles. The number of hydrogen-bond acceptors (Lipinski definition) is 3. The molecule has 102 valence electrons. The second-order valence-corrected chi connectivity index (χ2v) is 5.55. The van der Waals surface area contributed by atoms with Crippen LogP contribution in [0.15, 0.2) is 24.3 Å². The van der Waals surface area contributed by atoms with Gasteiger partial charge in [0.05, 0.1) is 6.10 Å². The van der Waals surface area contributed by atoms with Gasteiger partial charge in [0.2, 0.25) is 0 Å². The number of carbonyl (C=O) groups is 1. The van der Waals surface area contributed by atoms with Crippen LogP contribution >= 0.6 is 0 Å². The van der Waals surface area contributed by atoms with Crippen molar-refractivity contribution in [1.82, 2.24) is 0 Å². The van der Waals surface area contributed by atoms with Crippen LogP contribution in [0.4, 0.5) is 0 Å². The van der Waals surface area contributed by atoms with Gasteiger partial charge in [-0.05, 0) is 42.9 Å². The molecule has 0 radical (unpaired) electrons. The molecular formula is C16H20O3. The second kappa shape index (κ2) is 5.74. The van der Waals surface area contributed by atoms with Gasteiger partial charge in [0, 0.05) is 5.92 Å². The summed E-state index contributed by atoms with van der Waals surface area (Å²) in [5.41, 5.74) is 1.20. The van der Waals surface area contributed by atoms with Crippen LogP contribution in [0.5, 0.6) is 5.75 Å². The van der Waals surface area contributed by atoms with Gasteiger partial charge in [-0.25, -0.2) is 0 Å². The van der Waals surface area contributed by atoms with Gasteiger partial charge in [-0.1, -0.05) is 25.0 Å². The molecule has 0 aromatic heterocycles. The van der Waals surface area contributed by atoms with Gasteiger partial charge >= 0.3 is 0 Å². The summed E-state index contributed by atoms with van der Waals surface area (Å²) in [7, 11) is 0. The van der Waals surface area contributed by atoms with E-state index >= 15 is 0 Å². The van der Waals surface area contributed by atoms with E-state index in [1.165, 1.54) is 18.4 Å². The Morgan fingerprint density at radius 3 is 2.84 bits per heavy atom. The predicted molar refractivity (Wildman–Crippen MR) is 72.2 cm³/mol. The van der Waals surface area contributed by atoms with Crippen LogP contribution in [0.2, 0.25) is 0 Å². The molecule has 0 saturated heterocycles. The molecule has 0 aliphatic heterocycles. The fourth-order valence-electron chi connectivity index (χ4n) is 2.84. The Hall–Kier alpha value is -1.35. The van der Waals surface area contributed by atoms with Gasteiger partial charge < -0.3 is 14.3 Å². The van der Waals surface area contributed by atoms with Crippen LogP contribution in [-0.4, -0.2) is 19.2 Å². The average Bonchev–Trinajstić information content (AvgIpc) is 3.07. The second-order valence-electron chi connectivity index (χ2n) is 5.55. The number of benzene rings is 1. The SMILES string of the molecule is O=C[C@@H]1C[C@H]1c1cccc(OCOC2CCCC2)c1. The van der Waals surface area contributed by atoms with Crippen molar-refractivity contribution in [3.63, 3.8) is 0 Å². The summed E-state index contributed by atoms with van der Waals surface area (Å²) in [6.45, 7) is 0.329. The number of carbonyl (C=O) groups excluding carboxylic acids is 1. The zero-order valence-corrected chi connectivity index (χ0v) is 11.1. The number of hydrogen-bond donors (Lipinski definition) is 0. The third-order valence-corrected chi connectivity index (χ3v) is 4.13.